The highest BCUT2D eigenvalue weighted by atomic mass is 35.5. The predicted molar refractivity (Wildman–Crippen MR) is 149 cm³/mol. The largest absolute Gasteiger partial charge is 0.489 e. The van der Waals surface area contributed by atoms with Crippen LogP contribution in [-0.2, 0) is 33.8 Å². The van der Waals surface area contributed by atoms with Crippen molar-refractivity contribution in [1.82, 2.24) is 5.43 Å². The number of carbonyl (C=O) groups is 3. The van der Waals surface area contributed by atoms with Crippen LogP contribution >= 0.6 is 34.5 Å². The Morgan fingerprint density at radius 1 is 1.03 bits per heavy atom. The molecule has 2 aromatic carbocycles. The summed E-state index contributed by atoms with van der Waals surface area (Å²) in [5, 5.41) is 7.79. The molecule has 0 spiro atoms. The van der Waals surface area contributed by atoms with Crippen molar-refractivity contribution in [2.75, 3.05) is 11.9 Å². The lowest BCUT2D eigenvalue weighted by Gasteiger charge is -2.12. The van der Waals surface area contributed by atoms with Crippen molar-refractivity contribution in [2.24, 2.45) is 5.10 Å². The average molecular weight is 574 g/mol. The van der Waals surface area contributed by atoms with E-state index in [2.05, 4.69) is 15.8 Å². The van der Waals surface area contributed by atoms with E-state index in [-0.39, 0.29) is 13.2 Å². The number of fused-ring (bicyclic) bond motifs is 1. The fraction of sp³-hybridized carbons (Fsp3) is 0.259. The molecule has 3 aromatic rings. The minimum atomic E-state index is -0.959. The van der Waals surface area contributed by atoms with Gasteiger partial charge in [-0.2, -0.15) is 5.10 Å². The van der Waals surface area contributed by atoms with Crippen LogP contribution in [0.15, 0.2) is 47.6 Å². The Morgan fingerprint density at radius 3 is 2.45 bits per heavy atom. The molecule has 1 heterocycles. The highest BCUT2D eigenvalue weighted by molar-refractivity contribution is 7.17. The zero-order valence-electron chi connectivity index (χ0n) is 20.5. The van der Waals surface area contributed by atoms with Crippen LogP contribution in [0.25, 0.3) is 0 Å². The second-order valence-electron chi connectivity index (χ2n) is 8.35. The number of aryl methyl sites for hydroxylation is 1. The molecule has 0 radical (unpaired) electrons. The molecule has 0 bridgehead atoms. The topological polar surface area (TPSA) is 106 Å². The van der Waals surface area contributed by atoms with Crippen molar-refractivity contribution in [1.29, 1.82) is 0 Å². The maximum absolute atomic E-state index is 12.5. The fourth-order valence-corrected chi connectivity index (χ4v) is 5.70. The molecule has 0 unspecified atom stereocenters. The van der Waals surface area contributed by atoms with Crippen LogP contribution in [0.2, 0.25) is 10.0 Å². The van der Waals surface area contributed by atoms with Crippen molar-refractivity contribution in [3.63, 3.8) is 0 Å². The SMILES string of the molecule is CCOC(=O)c1c(NC(=O)C(=O)N/N=C/c2ccc(OCc3c(Cl)cccc3Cl)cc2)sc2c1CCCC2. The first kappa shape index (κ1) is 27.6. The highest BCUT2D eigenvalue weighted by Gasteiger charge is 2.28. The normalized spacial score (nSPS) is 12.6. The number of thiophene rings is 1. The van der Waals surface area contributed by atoms with Crippen molar-refractivity contribution >= 4 is 63.5 Å². The molecule has 2 N–H and O–H groups in total. The summed E-state index contributed by atoms with van der Waals surface area (Å²) in [6.07, 6.45) is 4.94. The summed E-state index contributed by atoms with van der Waals surface area (Å²) < 4.78 is 10.9. The number of anilines is 1. The van der Waals surface area contributed by atoms with Gasteiger partial charge in [-0.3, -0.25) is 9.59 Å². The third kappa shape index (κ3) is 6.72. The molecule has 2 amide bonds. The van der Waals surface area contributed by atoms with Crippen molar-refractivity contribution < 1.29 is 23.9 Å². The van der Waals surface area contributed by atoms with Gasteiger partial charge in [0.25, 0.3) is 0 Å². The van der Waals surface area contributed by atoms with Gasteiger partial charge in [-0.15, -0.1) is 11.3 Å². The molecule has 0 saturated heterocycles. The van der Waals surface area contributed by atoms with E-state index in [9.17, 15) is 14.4 Å². The molecular weight excluding hydrogens is 549 g/mol. The second kappa shape index (κ2) is 12.9. The fourth-order valence-electron chi connectivity index (χ4n) is 3.93. The zero-order chi connectivity index (χ0) is 27.1. The first-order chi connectivity index (χ1) is 18.4. The van der Waals surface area contributed by atoms with Gasteiger partial charge in [0.2, 0.25) is 0 Å². The Labute approximate surface area is 233 Å². The second-order valence-corrected chi connectivity index (χ2v) is 10.3. The summed E-state index contributed by atoms with van der Waals surface area (Å²) in [6.45, 7) is 2.15. The van der Waals surface area contributed by atoms with E-state index in [1.54, 1.807) is 49.4 Å². The first-order valence-electron chi connectivity index (χ1n) is 12.0. The number of ether oxygens (including phenoxy) is 2. The molecule has 4 rings (SSSR count). The molecular formula is C27H25Cl2N3O5S. The third-order valence-electron chi connectivity index (χ3n) is 5.79. The van der Waals surface area contributed by atoms with Crippen LogP contribution in [0.5, 0.6) is 5.75 Å². The van der Waals surface area contributed by atoms with Gasteiger partial charge >= 0.3 is 17.8 Å². The van der Waals surface area contributed by atoms with Gasteiger partial charge in [0, 0.05) is 20.5 Å². The van der Waals surface area contributed by atoms with Crippen molar-refractivity contribution in [3.8, 4) is 5.75 Å². The Hall–Kier alpha value is -3.40. The number of esters is 1. The highest BCUT2D eigenvalue weighted by Crippen LogP contribution is 2.38. The zero-order valence-corrected chi connectivity index (χ0v) is 22.8. The molecule has 1 aliphatic carbocycles. The van der Waals surface area contributed by atoms with E-state index in [1.807, 2.05) is 0 Å². The standard InChI is InChI=1S/C27H25Cl2N3O5S/c1-2-36-27(35)23-18-6-3-4-9-22(18)38-26(23)31-24(33)25(34)32-30-14-16-10-12-17(13-11-16)37-15-19-20(28)7-5-8-21(19)29/h5,7-8,10-14H,2-4,6,9,15H2,1H3,(H,31,33)(H,32,34)/b30-14+. The predicted octanol–water partition coefficient (Wildman–Crippen LogP) is 5.78. The van der Waals surface area contributed by atoms with Crippen LogP contribution < -0.4 is 15.5 Å². The minimum absolute atomic E-state index is 0.211. The van der Waals surface area contributed by atoms with E-state index < -0.39 is 17.8 Å². The molecule has 198 valence electrons. The van der Waals surface area contributed by atoms with E-state index in [4.69, 9.17) is 32.7 Å². The molecule has 8 nitrogen and oxygen atoms in total. The number of benzene rings is 2. The summed E-state index contributed by atoms with van der Waals surface area (Å²) in [5.41, 5.74) is 4.81. The van der Waals surface area contributed by atoms with E-state index >= 15 is 0 Å². The number of nitrogens with zero attached hydrogens (tertiary/aromatic N) is 1. The number of amides is 2. The Bertz CT molecular complexity index is 1350. The number of hydrazone groups is 1. The van der Waals surface area contributed by atoms with Crippen LogP contribution in [-0.4, -0.2) is 30.6 Å². The first-order valence-corrected chi connectivity index (χ1v) is 13.6. The maximum Gasteiger partial charge on any atom is 0.341 e. The lowest BCUT2D eigenvalue weighted by atomic mass is 9.95. The Morgan fingerprint density at radius 2 is 1.74 bits per heavy atom. The van der Waals surface area contributed by atoms with Crippen molar-refractivity contribution in [3.05, 3.63) is 79.6 Å². The quantitative estimate of drug-likeness (QED) is 0.154. The summed E-state index contributed by atoms with van der Waals surface area (Å²) in [4.78, 5) is 38.4. The summed E-state index contributed by atoms with van der Waals surface area (Å²) in [6, 6.07) is 12.2. The molecule has 38 heavy (non-hydrogen) atoms. The molecule has 1 aliphatic rings. The van der Waals surface area contributed by atoms with Gasteiger partial charge in [-0.25, -0.2) is 10.2 Å². The molecule has 11 heteroatoms. The molecule has 0 fully saturated rings. The van der Waals surface area contributed by atoms with E-state index in [0.717, 1.165) is 36.1 Å². The van der Waals surface area contributed by atoms with Gasteiger partial charge < -0.3 is 14.8 Å². The van der Waals surface area contributed by atoms with Gasteiger partial charge in [0.15, 0.2) is 0 Å². The number of nitrogens with one attached hydrogen (secondary N) is 2. The lowest BCUT2D eigenvalue weighted by molar-refractivity contribution is -0.136. The number of hydrogen-bond acceptors (Lipinski definition) is 7. The number of rotatable bonds is 8. The van der Waals surface area contributed by atoms with Crippen LogP contribution in [0.1, 0.15) is 51.7 Å². The molecule has 0 atom stereocenters. The monoisotopic (exact) mass is 573 g/mol. The molecule has 0 aliphatic heterocycles. The summed E-state index contributed by atoms with van der Waals surface area (Å²) >= 11 is 13.6. The summed E-state index contributed by atoms with van der Waals surface area (Å²) in [5.74, 6) is -1.78. The van der Waals surface area contributed by atoms with Crippen LogP contribution in [0.3, 0.4) is 0 Å². The third-order valence-corrected chi connectivity index (χ3v) is 7.70. The smallest absolute Gasteiger partial charge is 0.341 e. The summed E-state index contributed by atoms with van der Waals surface area (Å²) in [7, 11) is 0. The van der Waals surface area contributed by atoms with Gasteiger partial charge in [0.05, 0.1) is 18.4 Å². The van der Waals surface area contributed by atoms with Gasteiger partial charge in [-0.1, -0.05) is 29.3 Å². The maximum atomic E-state index is 12.5. The van der Waals surface area contributed by atoms with Crippen molar-refractivity contribution in [2.45, 2.75) is 39.2 Å². The number of carbonyl (C=O) groups excluding carboxylic acids is 3. The van der Waals surface area contributed by atoms with E-state index in [0.29, 0.717) is 37.5 Å². The number of hydrogen-bond donors (Lipinski definition) is 2. The van der Waals surface area contributed by atoms with E-state index in [1.165, 1.54) is 17.6 Å². The van der Waals surface area contributed by atoms with Crippen LogP contribution in [0, 0.1) is 0 Å². The van der Waals surface area contributed by atoms with Gasteiger partial charge in [-0.05, 0) is 80.1 Å². The molecule has 1 aromatic heterocycles. The van der Waals surface area contributed by atoms with Crippen LogP contribution in [0.4, 0.5) is 5.00 Å². The Balaban J connectivity index is 1.33. The van der Waals surface area contributed by atoms with Gasteiger partial charge in [0.1, 0.15) is 17.4 Å². The molecule has 0 saturated carbocycles. The Kier molecular flexibility index (Phi) is 9.38. The lowest BCUT2D eigenvalue weighted by Crippen LogP contribution is -2.32. The number of halogens is 2. The average Bonchev–Trinajstić information content (AvgIpc) is 3.27. The minimum Gasteiger partial charge on any atom is -0.489 e.